The van der Waals surface area contributed by atoms with Crippen molar-refractivity contribution in [3.63, 3.8) is 0 Å². The quantitative estimate of drug-likeness (QED) is 0.408. The van der Waals surface area contributed by atoms with Crippen molar-refractivity contribution < 1.29 is 8.78 Å². The predicted octanol–water partition coefficient (Wildman–Crippen LogP) is 6.07. The van der Waals surface area contributed by atoms with Crippen LogP contribution in [0.5, 0.6) is 0 Å². The van der Waals surface area contributed by atoms with Gasteiger partial charge in [0, 0.05) is 28.8 Å². The summed E-state index contributed by atoms with van der Waals surface area (Å²) < 4.78 is 23.7. The molecule has 0 saturated heterocycles. The first-order valence-corrected chi connectivity index (χ1v) is 9.03. The van der Waals surface area contributed by atoms with E-state index in [0.717, 1.165) is 16.5 Å². The zero-order valence-electron chi connectivity index (χ0n) is 16.8. The Bertz CT molecular complexity index is 1040. The molecule has 0 fully saturated rings. The number of nitrogens with zero attached hydrogens (tertiary/aromatic N) is 3. The maximum atomic E-state index is 14.2. The Morgan fingerprint density at radius 3 is 2.48 bits per heavy atom. The molecule has 1 aromatic heterocycles. The molecule has 0 radical (unpaired) electrons. The van der Waals surface area contributed by atoms with Crippen molar-refractivity contribution in [1.29, 1.82) is 0 Å². The van der Waals surface area contributed by atoms with Gasteiger partial charge in [0.25, 0.3) is 0 Å². The zero-order chi connectivity index (χ0) is 21.4. The number of nitrogens with one attached hydrogen (secondary N) is 1. The Hall–Kier alpha value is -3.41. The smallest absolute Gasteiger partial charge is 0.163 e. The normalized spacial score (nSPS) is 11.0. The molecule has 3 aromatic rings. The average molecular weight is 394 g/mol. The summed E-state index contributed by atoms with van der Waals surface area (Å²) in [6, 6.07) is 12.5. The van der Waals surface area contributed by atoms with E-state index in [0.29, 0.717) is 30.0 Å². The van der Waals surface area contributed by atoms with Gasteiger partial charge in [-0.1, -0.05) is 36.9 Å². The maximum Gasteiger partial charge on any atom is 0.163 e. The van der Waals surface area contributed by atoms with Gasteiger partial charge in [0.05, 0.1) is 12.7 Å². The van der Waals surface area contributed by atoms with Crippen LogP contribution >= 0.6 is 0 Å². The molecule has 29 heavy (non-hydrogen) atoms. The zero-order valence-corrected chi connectivity index (χ0v) is 16.8. The fourth-order valence-corrected chi connectivity index (χ4v) is 2.80. The lowest BCUT2D eigenvalue weighted by atomic mass is 10.0. The Balaban J connectivity index is 0.00000145. The molecule has 6 heteroatoms. The second kappa shape index (κ2) is 10.2. The number of anilines is 1. The van der Waals surface area contributed by atoms with Crippen LogP contribution in [0.15, 0.2) is 66.3 Å². The van der Waals surface area contributed by atoms with Crippen LogP contribution in [0.2, 0.25) is 0 Å². The Kier molecular flexibility index (Phi) is 7.71. The van der Waals surface area contributed by atoms with Crippen LogP contribution in [0, 0.1) is 5.82 Å². The number of halogens is 2. The largest absolute Gasteiger partial charge is 0.367 e. The second-order valence-corrected chi connectivity index (χ2v) is 6.38. The molecule has 1 N–H and O–H groups in total. The third-order valence-electron chi connectivity index (χ3n) is 4.01. The highest BCUT2D eigenvalue weighted by Gasteiger charge is 2.13. The van der Waals surface area contributed by atoms with Gasteiger partial charge >= 0.3 is 0 Å². The Labute approximate surface area is 169 Å². The third-order valence-corrected chi connectivity index (χ3v) is 4.01. The molecule has 0 amide bonds. The molecule has 2 aromatic carbocycles. The molecular weight excluding hydrogens is 370 g/mol. The molecule has 0 unspecified atom stereocenters. The van der Waals surface area contributed by atoms with Gasteiger partial charge in [0.2, 0.25) is 0 Å². The lowest BCUT2D eigenvalue weighted by Crippen LogP contribution is -2.13. The van der Waals surface area contributed by atoms with Crippen molar-refractivity contribution >= 4 is 29.0 Å². The van der Waals surface area contributed by atoms with Gasteiger partial charge in [0.1, 0.15) is 11.6 Å². The van der Waals surface area contributed by atoms with Crippen molar-refractivity contribution in [2.75, 3.05) is 12.5 Å². The van der Waals surface area contributed by atoms with Crippen LogP contribution in [0.3, 0.4) is 0 Å². The van der Waals surface area contributed by atoms with E-state index in [2.05, 4.69) is 33.6 Å². The highest BCUT2D eigenvalue weighted by Crippen LogP contribution is 2.30. The predicted molar refractivity (Wildman–Crippen MR) is 118 cm³/mol. The number of fused-ring (bicyclic) bond motifs is 1. The van der Waals surface area contributed by atoms with E-state index in [1.165, 1.54) is 6.07 Å². The van der Waals surface area contributed by atoms with Gasteiger partial charge in [-0.3, -0.25) is 9.38 Å². The molecular formula is C23H24F2N4. The minimum Gasteiger partial charge on any atom is -0.367 e. The van der Waals surface area contributed by atoms with Gasteiger partial charge in [0.15, 0.2) is 5.82 Å². The van der Waals surface area contributed by atoms with Crippen LogP contribution in [0.4, 0.5) is 14.6 Å². The average Bonchev–Trinajstić information content (AvgIpc) is 2.73. The number of hydrogen-bond donors (Lipinski definition) is 1. The van der Waals surface area contributed by atoms with Crippen molar-refractivity contribution in [3.8, 4) is 11.1 Å². The van der Waals surface area contributed by atoms with Gasteiger partial charge in [-0.2, -0.15) is 0 Å². The van der Waals surface area contributed by atoms with E-state index in [-0.39, 0.29) is 11.9 Å². The van der Waals surface area contributed by atoms with Crippen LogP contribution in [-0.4, -0.2) is 29.9 Å². The van der Waals surface area contributed by atoms with Crippen LogP contribution in [0.25, 0.3) is 27.6 Å². The minimum atomic E-state index is -0.262. The summed E-state index contributed by atoms with van der Waals surface area (Å²) in [6.07, 6.45) is 3.21. The van der Waals surface area contributed by atoms with Crippen molar-refractivity contribution in [2.45, 2.75) is 19.9 Å². The second-order valence-electron chi connectivity index (χ2n) is 6.38. The molecule has 0 saturated carbocycles. The van der Waals surface area contributed by atoms with E-state index >= 15 is 0 Å². The van der Waals surface area contributed by atoms with E-state index in [9.17, 15) is 8.78 Å². The summed E-state index contributed by atoms with van der Waals surface area (Å²) in [4.78, 5) is 13.1. The molecule has 150 valence electrons. The molecule has 0 bridgehead atoms. The third kappa shape index (κ3) is 5.10. The number of aliphatic imine (C=N–C) groups is 1. The van der Waals surface area contributed by atoms with Crippen molar-refractivity contribution in [2.24, 2.45) is 4.99 Å². The molecule has 0 aliphatic heterocycles. The lowest BCUT2D eigenvalue weighted by Gasteiger charge is -2.14. The molecule has 0 atom stereocenters. The lowest BCUT2D eigenvalue weighted by molar-refractivity contribution is 0.631. The Morgan fingerprint density at radius 2 is 1.86 bits per heavy atom. The Morgan fingerprint density at radius 1 is 1.14 bits per heavy atom. The molecule has 0 aliphatic rings. The molecule has 3 rings (SSSR count). The number of aromatic nitrogens is 2. The summed E-state index contributed by atoms with van der Waals surface area (Å²) in [6.45, 7) is 11.3. The van der Waals surface area contributed by atoms with Crippen LogP contribution < -0.4 is 5.32 Å². The van der Waals surface area contributed by atoms with Gasteiger partial charge in [-0.05, 0) is 44.3 Å². The summed E-state index contributed by atoms with van der Waals surface area (Å²) in [5, 5.41) is 4.17. The van der Waals surface area contributed by atoms with Gasteiger partial charge < -0.3 is 5.32 Å². The number of hydrogen-bond acceptors (Lipinski definition) is 4. The van der Waals surface area contributed by atoms with Crippen molar-refractivity contribution in [3.05, 3.63) is 73.0 Å². The number of rotatable bonds is 6. The summed E-state index contributed by atoms with van der Waals surface area (Å²) in [7, 11) is 0.500. The first-order chi connectivity index (χ1) is 14.0. The van der Waals surface area contributed by atoms with Crippen LogP contribution in [0.1, 0.15) is 19.7 Å². The summed E-state index contributed by atoms with van der Waals surface area (Å²) in [5.74, 6) is 0.924. The monoisotopic (exact) mass is 394 g/mol. The van der Waals surface area contributed by atoms with E-state index in [4.69, 9.17) is 0 Å². The molecule has 0 aliphatic carbocycles. The number of alkyl halides is 1. The van der Waals surface area contributed by atoms with Gasteiger partial charge in [-0.25, -0.2) is 14.4 Å². The molecule has 4 nitrogen and oxygen atoms in total. The summed E-state index contributed by atoms with van der Waals surface area (Å²) >= 11 is 0. The molecule has 1 heterocycles. The number of benzene rings is 2. The highest BCUT2D eigenvalue weighted by molar-refractivity contribution is 5.94. The fourth-order valence-electron chi connectivity index (χ4n) is 2.80. The number of allylic oxidation sites excluding steroid dienone is 2. The fraction of sp³-hybridized carbons (Fsp3) is 0.174. The summed E-state index contributed by atoms with van der Waals surface area (Å²) in [5.41, 5.74) is 2.74. The van der Waals surface area contributed by atoms with Crippen molar-refractivity contribution in [1.82, 2.24) is 9.97 Å². The minimum absolute atomic E-state index is 0.168. The van der Waals surface area contributed by atoms with E-state index in [1.807, 2.05) is 38.1 Å². The SMILES string of the molecule is C=C/C(=C\N=C)c1nc(NC(C)C)c2cc(-c3ccccc3F)ccc2n1.CF. The highest BCUT2D eigenvalue weighted by atomic mass is 19.1. The van der Waals surface area contributed by atoms with Gasteiger partial charge in [-0.15, -0.1) is 0 Å². The first-order valence-electron chi connectivity index (χ1n) is 9.03. The maximum absolute atomic E-state index is 14.2. The first kappa shape index (κ1) is 21.9. The topological polar surface area (TPSA) is 50.2 Å². The standard InChI is InChI=1S/C22H21FN4.CH3F/c1-5-15(13-24-4)21-26-20-11-10-16(17-8-6-7-9-19(17)23)12-18(20)22(27-21)25-14(2)3;1-2/h5-14H,1,4H2,2-3H3,(H,25,26,27);1H3/b15-13+;. The molecule has 0 spiro atoms. The van der Waals surface area contributed by atoms with E-state index < -0.39 is 0 Å². The van der Waals surface area contributed by atoms with E-state index in [1.54, 1.807) is 24.4 Å². The van der Waals surface area contributed by atoms with Crippen LogP contribution in [-0.2, 0) is 0 Å².